The molecular weight excluding hydrogens is 308 g/mol. The van der Waals surface area contributed by atoms with Crippen LogP contribution in [0.3, 0.4) is 0 Å². The first-order valence-corrected chi connectivity index (χ1v) is 8.62. The Labute approximate surface area is 139 Å². The molecule has 2 bridgehead atoms. The van der Waals surface area contributed by atoms with Gasteiger partial charge in [0.05, 0.1) is 22.4 Å². The van der Waals surface area contributed by atoms with Gasteiger partial charge in [-0.2, -0.15) is 0 Å². The summed E-state index contributed by atoms with van der Waals surface area (Å²) in [5.41, 5.74) is 0.964. The van der Waals surface area contributed by atoms with Crippen LogP contribution in [0.15, 0.2) is 18.2 Å². The van der Waals surface area contributed by atoms with Crippen molar-refractivity contribution in [2.24, 2.45) is 35.5 Å². The Hall–Kier alpha value is -2.24. The van der Waals surface area contributed by atoms with Crippen molar-refractivity contribution in [2.75, 3.05) is 4.90 Å². The highest BCUT2D eigenvalue weighted by Crippen LogP contribution is 2.68. The number of nitro groups is 1. The van der Waals surface area contributed by atoms with E-state index >= 15 is 0 Å². The molecule has 5 aliphatic rings. The van der Waals surface area contributed by atoms with Gasteiger partial charge in [0.15, 0.2) is 0 Å². The normalized spacial score (nSPS) is 39.0. The largest absolute Gasteiger partial charge is 0.274 e. The summed E-state index contributed by atoms with van der Waals surface area (Å²) in [6.07, 6.45) is 3.33. The van der Waals surface area contributed by atoms with Crippen LogP contribution in [-0.4, -0.2) is 16.7 Å². The predicted octanol–water partition coefficient (Wildman–Crippen LogP) is 2.68. The number of imide groups is 1. The van der Waals surface area contributed by atoms with Crippen LogP contribution in [0.4, 0.5) is 11.4 Å². The number of fused-ring (bicyclic) bond motifs is 1. The summed E-state index contributed by atoms with van der Waals surface area (Å²) in [4.78, 5) is 37.9. The predicted molar refractivity (Wildman–Crippen MR) is 85.1 cm³/mol. The van der Waals surface area contributed by atoms with E-state index in [1.165, 1.54) is 23.5 Å². The topological polar surface area (TPSA) is 80.5 Å². The van der Waals surface area contributed by atoms with Gasteiger partial charge in [-0.25, -0.2) is 0 Å². The molecule has 1 heterocycles. The molecule has 6 nitrogen and oxygen atoms in total. The molecular formula is C18H18N2O4. The van der Waals surface area contributed by atoms with Gasteiger partial charge >= 0.3 is 0 Å². The van der Waals surface area contributed by atoms with Gasteiger partial charge in [-0.15, -0.1) is 0 Å². The summed E-state index contributed by atoms with van der Waals surface area (Å²) in [5.74, 6) is 1.55. The number of rotatable bonds is 2. The van der Waals surface area contributed by atoms with Crippen molar-refractivity contribution in [2.45, 2.75) is 26.2 Å². The Kier molecular flexibility index (Phi) is 2.61. The van der Waals surface area contributed by atoms with Gasteiger partial charge in [-0.3, -0.25) is 24.6 Å². The van der Waals surface area contributed by atoms with E-state index < -0.39 is 4.92 Å². The van der Waals surface area contributed by atoms with E-state index in [1.807, 2.05) is 0 Å². The molecule has 6 atom stereocenters. The molecule has 1 aromatic rings. The lowest BCUT2D eigenvalue weighted by molar-refractivity contribution is -0.385. The molecule has 6 heteroatoms. The van der Waals surface area contributed by atoms with Crippen LogP contribution < -0.4 is 4.90 Å². The van der Waals surface area contributed by atoms with Crippen molar-refractivity contribution in [3.63, 3.8) is 0 Å². The second-order valence-corrected chi connectivity index (χ2v) is 7.76. The fraction of sp³-hybridized carbons (Fsp3) is 0.556. The minimum Gasteiger partial charge on any atom is -0.274 e. The molecule has 2 amide bonds. The second kappa shape index (κ2) is 4.43. The lowest BCUT2D eigenvalue weighted by atomic mass is 9.59. The first-order chi connectivity index (χ1) is 11.5. The molecule has 0 N–H and O–H groups in total. The minimum absolute atomic E-state index is 0.0107. The highest BCUT2D eigenvalue weighted by Gasteiger charge is 2.68. The van der Waals surface area contributed by atoms with Crippen LogP contribution in [0.2, 0.25) is 0 Å². The lowest BCUT2D eigenvalue weighted by Crippen LogP contribution is -2.43. The highest BCUT2D eigenvalue weighted by atomic mass is 16.6. The number of hydrogen-bond donors (Lipinski definition) is 0. The number of carbonyl (C=O) groups is 2. The smallest absolute Gasteiger partial charge is 0.272 e. The van der Waals surface area contributed by atoms with Gasteiger partial charge < -0.3 is 0 Å². The molecule has 1 aromatic carbocycles. The molecule has 5 fully saturated rings. The molecule has 124 valence electrons. The van der Waals surface area contributed by atoms with Crippen molar-refractivity contribution in [3.05, 3.63) is 33.9 Å². The maximum Gasteiger partial charge on any atom is 0.272 e. The summed E-state index contributed by atoms with van der Waals surface area (Å²) in [5, 5.41) is 11.0. The number of nitrogens with zero attached hydrogens (tertiary/aromatic N) is 2. The molecule has 0 spiro atoms. The zero-order chi connectivity index (χ0) is 16.7. The fourth-order valence-electron chi connectivity index (χ4n) is 5.78. The van der Waals surface area contributed by atoms with Crippen molar-refractivity contribution in [3.8, 4) is 0 Å². The van der Waals surface area contributed by atoms with Crippen LogP contribution >= 0.6 is 0 Å². The summed E-state index contributed by atoms with van der Waals surface area (Å²) in [6.45, 7) is 1.64. The first kappa shape index (κ1) is 14.1. The average molecular weight is 326 g/mol. The van der Waals surface area contributed by atoms with Crippen LogP contribution in [0.5, 0.6) is 0 Å². The van der Waals surface area contributed by atoms with Crippen LogP contribution in [0.25, 0.3) is 0 Å². The van der Waals surface area contributed by atoms with Gasteiger partial charge in [0.1, 0.15) is 0 Å². The average Bonchev–Trinajstić information content (AvgIpc) is 3.31. The summed E-state index contributed by atoms with van der Waals surface area (Å²) in [7, 11) is 0. The first-order valence-electron chi connectivity index (χ1n) is 8.62. The zero-order valence-electron chi connectivity index (χ0n) is 13.3. The van der Waals surface area contributed by atoms with Gasteiger partial charge in [-0.1, -0.05) is 0 Å². The highest BCUT2D eigenvalue weighted by molar-refractivity contribution is 6.22. The third-order valence-electron chi connectivity index (χ3n) is 6.78. The number of hydrogen-bond acceptors (Lipinski definition) is 4. The van der Waals surface area contributed by atoms with Gasteiger partial charge in [-0.05, 0) is 62.0 Å². The third-order valence-corrected chi connectivity index (χ3v) is 6.78. The SMILES string of the molecule is Cc1cc(N2C(=O)[C@@H]3[C@@H]4CC[C@@H]([C@H]5C[C@H]54)[C@@H]3C2=O)ccc1[N+](=O)[O-]. The number of nitro benzene ring substituents is 1. The quantitative estimate of drug-likeness (QED) is 0.475. The van der Waals surface area contributed by atoms with Crippen molar-refractivity contribution >= 4 is 23.2 Å². The molecule has 1 saturated heterocycles. The van der Waals surface area contributed by atoms with E-state index in [4.69, 9.17) is 0 Å². The Balaban J connectivity index is 1.54. The van der Waals surface area contributed by atoms with Crippen LogP contribution in [0.1, 0.15) is 24.8 Å². The van der Waals surface area contributed by atoms with E-state index in [1.54, 1.807) is 13.0 Å². The molecule has 0 radical (unpaired) electrons. The van der Waals surface area contributed by atoms with Crippen molar-refractivity contribution in [1.29, 1.82) is 0 Å². The molecule has 24 heavy (non-hydrogen) atoms. The maximum atomic E-state index is 13.0. The Morgan fingerprint density at radius 3 is 2.12 bits per heavy atom. The third kappa shape index (κ3) is 1.61. The number of benzene rings is 1. The molecule has 4 aliphatic carbocycles. The minimum atomic E-state index is -0.444. The fourth-order valence-corrected chi connectivity index (χ4v) is 5.78. The monoisotopic (exact) mass is 326 g/mol. The summed E-state index contributed by atoms with van der Waals surface area (Å²) in [6, 6.07) is 4.51. The second-order valence-electron chi connectivity index (χ2n) is 7.76. The van der Waals surface area contributed by atoms with E-state index in [0.29, 0.717) is 34.9 Å². The molecule has 6 rings (SSSR count). The lowest BCUT2D eigenvalue weighted by Gasteiger charge is -2.42. The van der Waals surface area contributed by atoms with E-state index in [-0.39, 0.29) is 29.3 Å². The van der Waals surface area contributed by atoms with Crippen molar-refractivity contribution in [1.82, 2.24) is 0 Å². The van der Waals surface area contributed by atoms with Gasteiger partial charge in [0, 0.05) is 11.6 Å². The molecule has 0 aromatic heterocycles. The molecule has 0 unspecified atom stereocenters. The number of amides is 2. The number of carbonyl (C=O) groups excluding carboxylic acids is 2. The zero-order valence-corrected chi connectivity index (χ0v) is 13.3. The molecule has 1 aliphatic heterocycles. The van der Waals surface area contributed by atoms with E-state index in [0.717, 1.165) is 12.8 Å². The Morgan fingerprint density at radius 2 is 1.62 bits per heavy atom. The van der Waals surface area contributed by atoms with E-state index in [9.17, 15) is 19.7 Å². The number of anilines is 1. The van der Waals surface area contributed by atoms with Crippen LogP contribution in [-0.2, 0) is 9.59 Å². The summed E-state index contributed by atoms with van der Waals surface area (Å²) < 4.78 is 0. The Bertz CT molecular complexity index is 770. The van der Waals surface area contributed by atoms with Crippen molar-refractivity contribution < 1.29 is 14.5 Å². The standard InChI is InChI=1S/C18H18N2O4/c1-8-6-9(2-5-14(8)20(23)24)19-17(21)15-10-3-4-11(13-7-12(10)13)16(15)18(19)22/h2,5-6,10-13,15-16H,3-4,7H2,1H3/t10-,11+,12+,13-,15-,16+. The number of aryl methyl sites for hydroxylation is 1. The van der Waals surface area contributed by atoms with Crippen LogP contribution in [0, 0.1) is 52.5 Å². The molecule has 4 saturated carbocycles. The van der Waals surface area contributed by atoms with E-state index in [2.05, 4.69) is 0 Å². The van der Waals surface area contributed by atoms with Gasteiger partial charge in [0.25, 0.3) is 5.69 Å². The van der Waals surface area contributed by atoms with Gasteiger partial charge in [0.2, 0.25) is 11.8 Å². The summed E-state index contributed by atoms with van der Waals surface area (Å²) >= 11 is 0. The Morgan fingerprint density at radius 1 is 1.04 bits per heavy atom. The maximum absolute atomic E-state index is 13.0.